The topological polar surface area (TPSA) is 26.3 Å². The Morgan fingerprint density at radius 3 is 2.91 bits per heavy atom. The first-order valence-electron chi connectivity index (χ1n) is 3.05. The van der Waals surface area contributed by atoms with Crippen LogP contribution in [0.3, 0.4) is 0 Å². The fourth-order valence-electron chi connectivity index (χ4n) is 0.627. The summed E-state index contributed by atoms with van der Waals surface area (Å²) in [4.78, 5) is 11.6. The summed E-state index contributed by atoms with van der Waals surface area (Å²) in [6.07, 6.45) is 0. The predicted octanol–water partition coefficient (Wildman–Crippen LogP) is 2.57. The Morgan fingerprint density at radius 1 is 1.73 bits per heavy atom. The monoisotopic (exact) mass is 234 g/mol. The van der Waals surface area contributed by atoms with Gasteiger partial charge in [-0.1, -0.05) is 15.9 Å². The van der Waals surface area contributed by atoms with Crippen LogP contribution in [0, 0.1) is 0 Å². The standard InChI is InChI=1S/C7H7BrO2S/c1-5(9)10-7-3-2-6(4-8)11-7/h2-3H,4H2,1H3. The molecule has 0 aliphatic rings. The molecule has 0 saturated heterocycles. The molecule has 0 atom stereocenters. The summed E-state index contributed by atoms with van der Waals surface area (Å²) in [6.45, 7) is 1.40. The largest absolute Gasteiger partial charge is 0.416 e. The Labute approximate surface area is 77.3 Å². The first-order valence-corrected chi connectivity index (χ1v) is 4.99. The van der Waals surface area contributed by atoms with Crippen molar-refractivity contribution in [2.24, 2.45) is 0 Å². The van der Waals surface area contributed by atoms with E-state index in [4.69, 9.17) is 4.74 Å². The van der Waals surface area contributed by atoms with E-state index < -0.39 is 0 Å². The number of thiophene rings is 1. The molecule has 0 N–H and O–H groups in total. The van der Waals surface area contributed by atoms with Crippen LogP contribution in [0.15, 0.2) is 12.1 Å². The Hall–Kier alpha value is -0.350. The summed E-state index contributed by atoms with van der Waals surface area (Å²) < 4.78 is 4.86. The molecule has 0 spiro atoms. The maximum atomic E-state index is 10.5. The number of carbonyl (C=O) groups is 1. The Kier molecular flexibility index (Phi) is 3.08. The van der Waals surface area contributed by atoms with Gasteiger partial charge in [-0.3, -0.25) is 4.79 Å². The average Bonchev–Trinajstić information content (AvgIpc) is 2.34. The van der Waals surface area contributed by atoms with Crippen LogP contribution in [-0.2, 0) is 10.1 Å². The maximum Gasteiger partial charge on any atom is 0.308 e. The molecule has 0 bridgehead atoms. The van der Waals surface area contributed by atoms with Crippen LogP contribution in [0.4, 0.5) is 0 Å². The number of alkyl halides is 1. The summed E-state index contributed by atoms with van der Waals surface area (Å²) in [5.74, 6) is -0.270. The second kappa shape index (κ2) is 3.88. The molecule has 0 aromatic carbocycles. The minimum Gasteiger partial charge on any atom is -0.416 e. The highest BCUT2D eigenvalue weighted by atomic mass is 79.9. The van der Waals surface area contributed by atoms with Gasteiger partial charge in [-0.15, -0.1) is 11.3 Å². The summed E-state index contributed by atoms with van der Waals surface area (Å²) in [5, 5.41) is 1.46. The van der Waals surface area contributed by atoms with E-state index in [-0.39, 0.29) is 5.97 Å². The molecule has 4 heteroatoms. The maximum absolute atomic E-state index is 10.5. The predicted molar refractivity (Wildman–Crippen MR) is 48.3 cm³/mol. The van der Waals surface area contributed by atoms with Crippen molar-refractivity contribution in [2.45, 2.75) is 12.3 Å². The number of ether oxygens (including phenoxy) is 1. The zero-order valence-corrected chi connectivity index (χ0v) is 8.37. The molecule has 1 aromatic rings. The number of rotatable bonds is 2. The van der Waals surface area contributed by atoms with E-state index in [1.807, 2.05) is 6.07 Å². The third-order valence-electron chi connectivity index (χ3n) is 1.01. The molecule has 0 aliphatic heterocycles. The van der Waals surface area contributed by atoms with Crippen molar-refractivity contribution < 1.29 is 9.53 Å². The minimum absolute atomic E-state index is 0.270. The van der Waals surface area contributed by atoms with E-state index in [0.717, 1.165) is 10.2 Å². The molecule has 0 saturated carbocycles. The summed E-state index contributed by atoms with van der Waals surface area (Å²) >= 11 is 4.78. The highest BCUT2D eigenvalue weighted by molar-refractivity contribution is 9.08. The van der Waals surface area contributed by atoms with Gasteiger partial charge in [0.2, 0.25) is 0 Å². The molecule has 0 aliphatic carbocycles. The third kappa shape index (κ3) is 2.63. The number of halogens is 1. The van der Waals surface area contributed by atoms with E-state index in [1.54, 1.807) is 6.07 Å². The fourth-order valence-corrected chi connectivity index (χ4v) is 1.90. The van der Waals surface area contributed by atoms with Gasteiger partial charge in [0.25, 0.3) is 0 Å². The molecule has 11 heavy (non-hydrogen) atoms. The average molecular weight is 235 g/mol. The van der Waals surface area contributed by atoms with Crippen molar-refractivity contribution in [3.63, 3.8) is 0 Å². The van der Waals surface area contributed by atoms with Gasteiger partial charge < -0.3 is 4.74 Å². The van der Waals surface area contributed by atoms with Gasteiger partial charge in [-0.2, -0.15) is 0 Å². The number of hydrogen-bond donors (Lipinski definition) is 0. The molecule has 0 fully saturated rings. The summed E-state index contributed by atoms with van der Waals surface area (Å²) in [5.41, 5.74) is 0. The second-order valence-corrected chi connectivity index (χ2v) is 3.64. The molecule has 0 radical (unpaired) electrons. The lowest BCUT2D eigenvalue weighted by Gasteiger charge is -1.92. The molecule has 2 nitrogen and oxygen atoms in total. The van der Waals surface area contributed by atoms with E-state index in [0.29, 0.717) is 5.06 Å². The molecule has 0 amide bonds. The van der Waals surface area contributed by atoms with Gasteiger partial charge in [0.15, 0.2) is 5.06 Å². The zero-order valence-electron chi connectivity index (χ0n) is 5.96. The Morgan fingerprint density at radius 2 is 2.45 bits per heavy atom. The van der Waals surface area contributed by atoms with Crippen LogP contribution in [0.25, 0.3) is 0 Å². The van der Waals surface area contributed by atoms with Gasteiger partial charge in [0.05, 0.1) is 0 Å². The fraction of sp³-hybridized carbons (Fsp3) is 0.286. The van der Waals surface area contributed by atoms with Crippen molar-refractivity contribution in [2.75, 3.05) is 0 Å². The quantitative estimate of drug-likeness (QED) is 0.581. The Balaban J connectivity index is 2.65. The minimum atomic E-state index is -0.270. The van der Waals surface area contributed by atoms with Crippen LogP contribution >= 0.6 is 27.3 Å². The molecule has 60 valence electrons. The lowest BCUT2D eigenvalue weighted by Crippen LogP contribution is -1.98. The van der Waals surface area contributed by atoms with Gasteiger partial charge in [0.1, 0.15) is 0 Å². The van der Waals surface area contributed by atoms with E-state index in [2.05, 4.69) is 15.9 Å². The first kappa shape index (κ1) is 8.74. The number of hydrogen-bond acceptors (Lipinski definition) is 3. The van der Waals surface area contributed by atoms with E-state index in [1.165, 1.54) is 18.3 Å². The molecular formula is C7H7BrO2S. The van der Waals surface area contributed by atoms with Crippen molar-refractivity contribution in [3.8, 4) is 5.06 Å². The highest BCUT2D eigenvalue weighted by Crippen LogP contribution is 2.25. The zero-order chi connectivity index (χ0) is 8.27. The van der Waals surface area contributed by atoms with Crippen molar-refractivity contribution >= 4 is 33.2 Å². The van der Waals surface area contributed by atoms with Crippen LogP contribution in [0.2, 0.25) is 0 Å². The normalized spacial score (nSPS) is 9.64. The van der Waals surface area contributed by atoms with Crippen LogP contribution < -0.4 is 4.74 Å². The first-order chi connectivity index (χ1) is 5.22. The summed E-state index contributed by atoms with van der Waals surface area (Å²) in [7, 11) is 0. The molecular weight excluding hydrogens is 228 g/mol. The van der Waals surface area contributed by atoms with Gasteiger partial charge >= 0.3 is 5.97 Å². The van der Waals surface area contributed by atoms with Gasteiger partial charge in [0, 0.05) is 17.1 Å². The second-order valence-electron chi connectivity index (χ2n) is 1.95. The smallest absolute Gasteiger partial charge is 0.308 e. The SMILES string of the molecule is CC(=O)Oc1ccc(CBr)s1. The lowest BCUT2D eigenvalue weighted by molar-refractivity contribution is -0.131. The molecule has 1 aromatic heterocycles. The molecule has 1 rings (SSSR count). The summed E-state index contributed by atoms with van der Waals surface area (Å²) in [6, 6.07) is 3.72. The van der Waals surface area contributed by atoms with Crippen LogP contribution in [0.1, 0.15) is 11.8 Å². The van der Waals surface area contributed by atoms with Crippen LogP contribution in [0.5, 0.6) is 5.06 Å². The van der Waals surface area contributed by atoms with Crippen molar-refractivity contribution in [1.82, 2.24) is 0 Å². The molecule has 1 heterocycles. The van der Waals surface area contributed by atoms with E-state index >= 15 is 0 Å². The van der Waals surface area contributed by atoms with Gasteiger partial charge in [-0.25, -0.2) is 0 Å². The van der Waals surface area contributed by atoms with E-state index in [9.17, 15) is 4.79 Å². The third-order valence-corrected chi connectivity index (χ3v) is 2.95. The van der Waals surface area contributed by atoms with Crippen molar-refractivity contribution in [3.05, 3.63) is 17.0 Å². The van der Waals surface area contributed by atoms with Crippen molar-refractivity contribution in [1.29, 1.82) is 0 Å². The number of esters is 1. The highest BCUT2D eigenvalue weighted by Gasteiger charge is 2.01. The Bertz CT molecular complexity index is 257. The molecule has 0 unspecified atom stereocenters. The number of carbonyl (C=O) groups excluding carboxylic acids is 1. The van der Waals surface area contributed by atoms with Crippen LogP contribution in [-0.4, -0.2) is 5.97 Å². The lowest BCUT2D eigenvalue weighted by atomic mass is 10.5. The van der Waals surface area contributed by atoms with Gasteiger partial charge in [-0.05, 0) is 12.1 Å².